The molecular weight excluding hydrogens is 1220 g/mol. The predicted octanol–water partition coefficient (Wildman–Crippen LogP) is 21.8. The SMILES string of the molecule is CCCCCCCCCCCCCCCCC(=O)OC[C@H](COP(=O)(O)OC[C@@H](O)COP(=O)(O)OC[C@@H](COC(=O)CCCCCCCCCCCCC)OC(=O)CCCCCCCCCCCCCCCC)OC(=O)CCCCCCCCCCCCCCCC. The van der Waals surface area contributed by atoms with Crippen molar-refractivity contribution in [1.29, 1.82) is 0 Å². The molecule has 0 aliphatic carbocycles. The molecule has 17 nitrogen and oxygen atoms in total. The van der Waals surface area contributed by atoms with Crippen molar-refractivity contribution in [3.05, 3.63) is 0 Å². The van der Waals surface area contributed by atoms with Gasteiger partial charge in [-0.1, -0.05) is 342 Å². The second-order valence-electron chi connectivity index (χ2n) is 26.7. The zero-order valence-electron chi connectivity index (χ0n) is 60.2. The minimum Gasteiger partial charge on any atom is -0.462 e. The summed E-state index contributed by atoms with van der Waals surface area (Å²) < 4.78 is 68.5. The van der Waals surface area contributed by atoms with Gasteiger partial charge in [0.1, 0.15) is 19.3 Å². The van der Waals surface area contributed by atoms with Crippen LogP contribution in [0, 0.1) is 0 Å². The fraction of sp³-hybridized carbons (Fsp3) is 0.946. The summed E-state index contributed by atoms with van der Waals surface area (Å²) in [5, 5.41) is 10.6. The van der Waals surface area contributed by atoms with E-state index in [1.165, 1.54) is 225 Å². The highest BCUT2D eigenvalue weighted by Crippen LogP contribution is 2.45. The van der Waals surface area contributed by atoms with E-state index in [1.54, 1.807) is 0 Å². The lowest BCUT2D eigenvalue weighted by atomic mass is 10.0. The fourth-order valence-electron chi connectivity index (χ4n) is 11.4. The lowest BCUT2D eigenvalue weighted by Crippen LogP contribution is -2.30. The van der Waals surface area contributed by atoms with Crippen LogP contribution in [-0.4, -0.2) is 96.7 Å². The minimum absolute atomic E-state index is 0.109. The third-order valence-corrected chi connectivity index (χ3v) is 19.3. The Bertz CT molecular complexity index is 1770. The zero-order valence-corrected chi connectivity index (χ0v) is 62.0. The van der Waals surface area contributed by atoms with Crippen molar-refractivity contribution in [2.24, 2.45) is 0 Å². The third kappa shape index (κ3) is 68.4. The molecule has 0 aliphatic rings. The molecule has 0 aromatic heterocycles. The monoisotopic (exact) mass is 1370 g/mol. The summed E-state index contributed by atoms with van der Waals surface area (Å²) >= 11 is 0. The van der Waals surface area contributed by atoms with Crippen LogP contribution in [0.3, 0.4) is 0 Å². The first-order valence-corrected chi connectivity index (χ1v) is 41.8. The van der Waals surface area contributed by atoms with Crippen LogP contribution in [0.1, 0.15) is 394 Å². The van der Waals surface area contributed by atoms with Crippen LogP contribution in [0.2, 0.25) is 0 Å². The molecule has 0 saturated carbocycles. The van der Waals surface area contributed by atoms with Crippen molar-refractivity contribution in [3.8, 4) is 0 Å². The van der Waals surface area contributed by atoms with E-state index >= 15 is 0 Å². The van der Waals surface area contributed by atoms with Gasteiger partial charge in [0.05, 0.1) is 26.4 Å². The molecule has 0 heterocycles. The lowest BCUT2D eigenvalue weighted by Gasteiger charge is -2.21. The van der Waals surface area contributed by atoms with Gasteiger partial charge in [-0.05, 0) is 25.7 Å². The first-order chi connectivity index (χ1) is 45.2. The Morgan fingerprint density at radius 2 is 0.430 bits per heavy atom. The average molecular weight is 1370 g/mol. The number of esters is 4. The average Bonchev–Trinajstić information content (AvgIpc) is 2.16. The fourth-order valence-corrected chi connectivity index (χ4v) is 13.0. The number of rotatable bonds is 75. The van der Waals surface area contributed by atoms with Gasteiger partial charge < -0.3 is 33.8 Å². The topological polar surface area (TPSA) is 237 Å². The van der Waals surface area contributed by atoms with E-state index in [0.717, 1.165) is 89.9 Å². The van der Waals surface area contributed by atoms with Crippen LogP contribution >= 0.6 is 15.6 Å². The first-order valence-electron chi connectivity index (χ1n) is 38.8. The molecule has 2 unspecified atom stereocenters. The van der Waals surface area contributed by atoms with E-state index < -0.39 is 97.5 Å². The van der Waals surface area contributed by atoms with Gasteiger partial charge in [-0.25, -0.2) is 9.13 Å². The smallest absolute Gasteiger partial charge is 0.462 e. The number of hydrogen-bond donors (Lipinski definition) is 3. The summed E-state index contributed by atoms with van der Waals surface area (Å²) in [6, 6.07) is 0. The van der Waals surface area contributed by atoms with Gasteiger partial charge in [-0.2, -0.15) is 0 Å². The molecule has 3 N–H and O–H groups in total. The normalized spacial score (nSPS) is 13.9. The molecule has 552 valence electrons. The van der Waals surface area contributed by atoms with Crippen molar-refractivity contribution in [2.75, 3.05) is 39.6 Å². The van der Waals surface area contributed by atoms with E-state index in [1.807, 2.05) is 0 Å². The second-order valence-corrected chi connectivity index (χ2v) is 29.6. The summed E-state index contributed by atoms with van der Waals surface area (Å²) in [6.07, 6.45) is 58.0. The molecule has 0 radical (unpaired) electrons. The molecule has 0 saturated heterocycles. The number of carbonyl (C=O) groups excluding carboxylic acids is 4. The van der Waals surface area contributed by atoms with Gasteiger partial charge in [0, 0.05) is 25.7 Å². The standard InChI is InChI=1S/C74H144O17P2/c1-5-9-13-17-21-25-29-32-35-39-43-47-51-55-59-72(77)85-65-70(91-74(79)61-57-53-49-45-41-37-34-31-27-23-19-15-11-7-3)67-89-93(82,83)87-63-68(75)62-86-92(80,81)88-66-69(64-84-71(76)58-54-50-46-42-38-28-24-20-16-12-8-4)90-73(78)60-56-52-48-44-40-36-33-30-26-22-18-14-10-6-2/h68-70,75H,5-67H2,1-4H3,(H,80,81)(H,82,83)/t68-,69+,70+/m0/s1. The Kier molecular flexibility index (Phi) is 67.1. The van der Waals surface area contributed by atoms with E-state index in [0.29, 0.717) is 25.7 Å². The molecule has 0 aromatic carbocycles. The van der Waals surface area contributed by atoms with Gasteiger partial charge in [-0.3, -0.25) is 37.3 Å². The van der Waals surface area contributed by atoms with Crippen molar-refractivity contribution in [1.82, 2.24) is 0 Å². The van der Waals surface area contributed by atoms with Crippen LogP contribution < -0.4 is 0 Å². The number of phosphoric ester groups is 2. The summed E-state index contributed by atoms with van der Waals surface area (Å²) in [7, 11) is -9.90. The van der Waals surface area contributed by atoms with E-state index in [2.05, 4.69) is 27.7 Å². The Labute approximate surface area is 568 Å². The molecular formula is C74H144O17P2. The number of ether oxygens (including phenoxy) is 4. The molecule has 0 fully saturated rings. The van der Waals surface area contributed by atoms with Crippen LogP contribution in [-0.2, 0) is 65.4 Å². The molecule has 0 bridgehead atoms. The summed E-state index contributed by atoms with van der Waals surface area (Å²) in [5.41, 5.74) is 0. The Balaban J connectivity index is 5.25. The maximum absolute atomic E-state index is 13.1. The first kappa shape index (κ1) is 91.1. The maximum atomic E-state index is 13.1. The van der Waals surface area contributed by atoms with Gasteiger partial charge >= 0.3 is 39.5 Å². The molecule has 0 amide bonds. The number of aliphatic hydroxyl groups excluding tert-OH is 1. The van der Waals surface area contributed by atoms with Crippen molar-refractivity contribution in [2.45, 2.75) is 412 Å². The second kappa shape index (κ2) is 68.6. The number of hydrogen-bond acceptors (Lipinski definition) is 15. The van der Waals surface area contributed by atoms with E-state index in [9.17, 15) is 43.2 Å². The molecule has 93 heavy (non-hydrogen) atoms. The molecule has 0 rings (SSSR count). The number of unbranched alkanes of at least 4 members (excludes halogenated alkanes) is 49. The predicted molar refractivity (Wildman–Crippen MR) is 377 cm³/mol. The van der Waals surface area contributed by atoms with Crippen LogP contribution in [0.5, 0.6) is 0 Å². The highest BCUT2D eigenvalue weighted by atomic mass is 31.2. The Morgan fingerprint density at radius 1 is 0.258 bits per heavy atom. The highest BCUT2D eigenvalue weighted by Gasteiger charge is 2.30. The lowest BCUT2D eigenvalue weighted by molar-refractivity contribution is -0.161. The van der Waals surface area contributed by atoms with Gasteiger partial charge in [0.25, 0.3) is 0 Å². The van der Waals surface area contributed by atoms with Crippen LogP contribution in [0.25, 0.3) is 0 Å². The minimum atomic E-state index is -4.95. The summed E-state index contributed by atoms with van der Waals surface area (Å²) in [4.78, 5) is 72.7. The number of carbonyl (C=O) groups is 4. The molecule has 0 aliphatic heterocycles. The quantitative estimate of drug-likeness (QED) is 0.0222. The number of aliphatic hydroxyl groups is 1. The number of phosphoric acid groups is 2. The van der Waals surface area contributed by atoms with Gasteiger partial charge in [-0.15, -0.1) is 0 Å². The van der Waals surface area contributed by atoms with Gasteiger partial charge in [0.2, 0.25) is 0 Å². The highest BCUT2D eigenvalue weighted by molar-refractivity contribution is 7.47. The van der Waals surface area contributed by atoms with E-state index in [-0.39, 0.29) is 25.7 Å². The third-order valence-electron chi connectivity index (χ3n) is 17.4. The molecule has 0 aromatic rings. The largest absolute Gasteiger partial charge is 0.472 e. The maximum Gasteiger partial charge on any atom is 0.472 e. The molecule has 5 atom stereocenters. The summed E-state index contributed by atoms with van der Waals surface area (Å²) in [5.74, 6) is -2.11. The van der Waals surface area contributed by atoms with Crippen molar-refractivity contribution < 1.29 is 80.2 Å². The van der Waals surface area contributed by atoms with Crippen molar-refractivity contribution in [3.63, 3.8) is 0 Å². The van der Waals surface area contributed by atoms with Crippen LogP contribution in [0.15, 0.2) is 0 Å². The Hall–Kier alpha value is -1.94. The Morgan fingerprint density at radius 3 is 0.634 bits per heavy atom. The van der Waals surface area contributed by atoms with Gasteiger partial charge in [0.15, 0.2) is 12.2 Å². The summed E-state index contributed by atoms with van der Waals surface area (Å²) in [6.45, 7) is 4.99. The van der Waals surface area contributed by atoms with E-state index in [4.69, 9.17) is 37.0 Å². The molecule has 19 heteroatoms. The van der Waals surface area contributed by atoms with Crippen LogP contribution in [0.4, 0.5) is 0 Å². The van der Waals surface area contributed by atoms with Crippen molar-refractivity contribution >= 4 is 39.5 Å². The molecule has 0 spiro atoms. The zero-order chi connectivity index (χ0) is 68.2.